The Balaban J connectivity index is 1.92. The number of furan rings is 1. The number of hydrogen-bond acceptors (Lipinski definition) is 6. The van der Waals surface area contributed by atoms with Crippen molar-refractivity contribution < 1.29 is 23.6 Å². The zero-order valence-electron chi connectivity index (χ0n) is 14.3. The van der Waals surface area contributed by atoms with E-state index in [1.807, 2.05) is 0 Å². The van der Waals surface area contributed by atoms with Gasteiger partial charge in [-0.2, -0.15) is 0 Å². The van der Waals surface area contributed by atoms with Gasteiger partial charge in [-0.3, -0.25) is 4.79 Å². The SMILES string of the molecule is Cc1cc(C(=O)N(C)Cc2cc(C(=O)O)c(C)o2)c2c(C)noc2n1. The van der Waals surface area contributed by atoms with Crippen LogP contribution in [0.3, 0.4) is 0 Å². The van der Waals surface area contributed by atoms with Gasteiger partial charge in [0.1, 0.15) is 17.1 Å². The van der Waals surface area contributed by atoms with E-state index in [1.165, 1.54) is 11.0 Å². The van der Waals surface area contributed by atoms with Crippen molar-refractivity contribution >= 4 is 23.0 Å². The Labute approximate surface area is 143 Å². The van der Waals surface area contributed by atoms with Crippen LogP contribution in [0.1, 0.15) is 43.6 Å². The van der Waals surface area contributed by atoms with Gasteiger partial charge >= 0.3 is 5.97 Å². The van der Waals surface area contributed by atoms with Crippen LogP contribution in [-0.2, 0) is 6.54 Å². The van der Waals surface area contributed by atoms with Crippen LogP contribution in [0.2, 0.25) is 0 Å². The molecule has 3 aromatic rings. The van der Waals surface area contributed by atoms with E-state index in [2.05, 4.69) is 10.1 Å². The molecular formula is C17H17N3O5. The molecule has 0 aliphatic carbocycles. The largest absolute Gasteiger partial charge is 0.478 e. The quantitative estimate of drug-likeness (QED) is 0.775. The number of aryl methyl sites for hydroxylation is 3. The number of pyridine rings is 1. The summed E-state index contributed by atoms with van der Waals surface area (Å²) >= 11 is 0. The van der Waals surface area contributed by atoms with Gasteiger partial charge in [-0.1, -0.05) is 5.16 Å². The molecule has 0 aliphatic heterocycles. The Kier molecular flexibility index (Phi) is 4.03. The summed E-state index contributed by atoms with van der Waals surface area (Å²) in [5, 5.41) is 13.5. The number of hydrogen-bond donors (Lipinski definition) is 1. The smallest absolute Gasteiger partial charge is 0.339 e. The average molecular weight is 343 g/mol. The van der Waals surface area contributed by atoms with E-state index in [4.69, 9.17) is 14.0 Å². The monoisotopic (exact) mass is 343 g/mol. The van der Waals surface area contributed by atoms with Crippen molar-refractivity contribution in [2.45, 2.75) is 27.3 Å². The minimum atomic E-state index is -1.06. The number of amides is 1. The lowest BCUT2D eigenvalue weighted by atomic mass is 10.1. The molecule has 0 atom stereocenters. The van der Waals surface area contributed by atoms with E-state index in [1.54, 1.807) is 33.9 Å². The third kappa shape index (κ3) is 2.98. The van der Waals surface area contributed by atoms with E-state index in [0.29, 0.717) is 39.6 Å². The van der Waals surface area contributed by atoms with E-state index in [0.717, 1.165) is 0 Å². The maximum atomic E-state index is 12.9. The highest BCUT2D eigenvalue weighted by molar-refractivity contribution is 6.05. The third-order valence-corrected chi connectivity index (χ3v) is 3.91. The Hall–Kier alpha value is -3.16. The fourth-order valence-corrected chi connectivity index (χ4v) is 2.73. The normalized spacial score (nSPS) is 11.0. The minimum Gasteiger partial charge on any atom is -0.478 e. The first kappa shape index (κ1) is 16.7. The van der Waals surface area contributed by atoms with Crippen molar-refractivity contribution in [2.75, 3.05) is 7.05 Å². The summed E-state index contributed by atoms with van der Waals surface area (Å²) in [6.45, 7) is 5.23. The molecule has 0 unspecified atom stereocenters. The topological polar surface area (TPSA) is 110 Å². The molecule has 130 valence electrons. The number of carbonyl (C=O) groups is 2. The lowest BCUT2D eigenvalue weighted by Gasteiger charge is -2.16. The molecule has 3 heterocycles. The van der Waals surface area contributed by atoms with Gasteiger partial charge in [0.2, 0.25) is 0 Å². The zero-order valence-corrected chi connectivity index (χ0v) is 14.3. The third-order valence-electron chi connectivity index (χ3n) is 3.91. The Morgan fingerprint density at radius 3 is 2.56 bits per heavy atom. The Bertz CT molecular complexity index is 986. The number of aromatic carboxylic acids is 1. The summed E-state index contributed by atoms with van der Waals surface area (Å²) in [5.74, 6) is -0.615. The summed E-state index contributed by atoms with van der Waals surface area (Å²) in [6.07, 6.45) is 0. The molecule has 0 saturated heterocycles. The van der Waals surface area contributed by atoms with Crippen LogP contribution in [0.15, 0.2) is 21.1 Å². The van der Waals surface area contributed by atoms with Gasteiger partial charge in [0, 0.05) is 12.7 Å². The number of carbonyl (C=O) groups excluding carboxylic acids is 1. The molecule has 25 heavy (non-hydrogen) atoms. The average Bonchev–Trinajstić information content (AvgIpc) is 3.09. The van der Waals surface area contributed by atoms with E-state index in [9.17, 15) is 9.59 Å². The molecule has 3 aromatic heterocycles. The van der Waals surface area contributed by atoms with E-state index in [-0.39, 0.29) is 18.0 Å². The van der Waals surface area contributed by atoms with Crippen LogP contribution in [0.5, 0.6) is 0 Å². The van der Waals surface area contributed by atoms with Crippen molar-refractivity contribution in [1.82, 2.24) is 15.0 Å². The zero-order chi connectivity index (χ0) is 18.3. The predicted molar refractivity (Wildman–Crippen MR) is 87.5 cm³/mol. The molecule has 0 aliphatic rings. The molecule has 0 spiro atoms. The molecule has 0 aromatic carbocycles. The predicted octanol–water partition coefficient (Wildman–Crippen LogP) is 2.71. The van der Waals surface area contributed by atoms with Gasteiger partial charge < -0.3 is 18.9 Å². The number of nitrogens with zero attached hydrogens (tertiary/aromatic N) is 3. The lowest BCUT2D eigenvalue weighted by molar-refractivity contribution is 0.0694. The molecule has 8 heteroatoms. The van der Waals surface area contributed by atoms with Crippen LogP contribution in [0, 0.1) is 20.8 Å². The van der Waals surface area contributed by atoms with Crippen molar-refractivity contribution in [3.05, 3.63) is 46.2 Å². The maximum absolute atomic E-state index is 12.9. The first-order valence-electron chi connectivity index (χ1n) is 7.59. The highest BCUT2D eigenvalue weighted by atomic mass is 16.5. The molecule has 1 N–H and O–H groups in total. The summed E-state index contributed by atoms with van der Waals surface area (Å²) in [6, 6.07) is 3.11. The van der Waals surface area contributed by atoms with E-state index >= 15 is 0 Å². The first-order valence-corrected chi connectivity index (χ1v) is 7.59. The van der Waals surface area contributed by atoms with Crippen LogP contribution >= 0.6 is 0 Å². The highest BCUT2D eigenvalue weighted by Crippen LogP contribution is 2.24. The molecule has 0 bridgehead atoms. The first-order chi connectivity index (χ1) is 11.8. The van der Waals surface area contributed by atoms with Crippen LogP contribution in [0.25, 0.3) is 11.1 Å². The molecule has 0 saturated carbocycles. The number of aromatic nitrogens is 2. The minimum absolute atomic E-state index is 0.0906. The lowest BCUT2D eigenvalue weighted by Crippen LogP contribution is -2.26. The van der Waals surface area contributed by atoms with E-state index < -0.39 is 5.97 Å². The van der Waals surface area contributed by atoms with Crippen molar-refractivity contribution in [3.63, 3.8) is 0 Å². The second-order valence-electron chi connectivity index (χ2n) is 5.91. The van der Waals surface area contributed by atoms with Crippen molar-refractivity contribution in [2.24, 2.45) is 0 Å². The molecule has 1 amide bonds. The second kappa shape index (κ2) is 6.04. The summed E-state index contributed by atoms with van der Waals surface area (Å²) in [7, 11) is 1.62. The molecule has 8 nitrogen and oxygen atoms in total. The standard InChI is InChI=1S/C17H17N3O5/c1-8-5-13(14-9(2)19-25-15(14)18-8)16(21)20(4)7-11-6-12(17(22)23)10(3)24-11/h5-6H,7H2,1-4H3,(H,22,23). The van der Waals surface area contributed by atoms with Gasteiger partial charge in [0.15, 0.2) is 0 Å². The summed E-state index contributed by atoms with van der Waals surface area (Å²) in [5.41, 5.74) is 2.07. The van der Waals surface area contributed by atoms with Gasteiger partial charge in [-0.05, 0) is 32.9 Å². The summed E-state index contributed by atoms with van der Waals surface area (Å²) < 4.78 is 10.6. The van der Waals surface area contributed by atoms with Gasteiger partial charge in [0.05, 0.1) is 23.2 Å². The Morgan fingerprint density at radius 2 is 1.92 bits per heavy atom. The maximum Gasteiger partial charge on any atom is 0.339 e. The number of carboxylic acids is 1. The summed E-state index contributed by atoms with van der Waals surface area (Å²) in [4.78, 5) is 29.6. The molecule has 3 rings (SSSR count). The molecule has 0 fully saturated rings. The second-order valence-corrected chi connectivity index (χ2v) is 5.91. The molecule has 0 radical (unpaired) electrons. The molecular weight excluding hydrogens is 326 g/mol. The Morgan fingerprint density at radius 1 is 1.20 bits per heavy atom. The van der Waals surface area contributed by atoms with Gasteiger partial charge in [-0.15, -0.1) is 0 Å². The number of rotatable bonds is 4. The fraction of sp³-hybridized carbons (Fsp3) is 0.294. The van der Waals surface area contributed by atoms with Crippen LogP contribution in [0.4, 0.5) is 0 Å². The van der Waals surface area contributed by atoms with Gasteiger partial charge in [-0.25, -0.2) is 9.78 Å². The number of fused-ring (bicyclic) bond motifs is 1. The van der Waals surface area contributed by atoms with Gasteiger partial charge in [0.25, 0.3) is 11.6 Å². The van der Waals surface area contributed by atoms with Crippen LogP contribution < -0.4 is 0 Å². The van der Waals surface area contributed by atoms with Crippen molar-refractivity contribution in [1.29, 1.82) is 0 Å². The van der Waals surface area contributed by atoms with Crippen LogP contribution in [-0.4, -0.2) is 39.1 Å². The fourth-order valence-electron chi connectivity index (χ4n) is 2.73. The number of carboxylic acid groups (broad SMARTS) is 1. The highest BCUT2D eigenvalue weighted by Gasteiger charge is 2.22. The van der Waals surface area contributed by atoms with Crippen molar-refractivity contribution in [3.8, 4) is 0 Å².